The van der Waals surface area contributed by atoms with Gasteiger partial charge in [0.1, 0.15) is 0 Å². The standard InChI is InChI=1S/C16H18N6O8S/c1-21(2)14(23)9-6-5-7-10(22(25)26)13(9)31(27,28)20-16(24)19-15-17-11(29-3)8-12(18-15)30-4/h5-8H,1-4H3,(H2,17,18,19,20,24). The number of methoxy groups -OCH3 is 2. The van der Waals surface area contributed by atoms with Crippen molar-refractivity contribution in [2.45, 2.75) is 4.90 Å². The van der Waals surface area contributed by atoms with Crippen LogP contribution in [0.2, 0.25) is 0 Å². The lowest BCUT2D eigenvalue weighted by molar-refractivity contribution is -0.387. The predicted octanol–water partition coefficient (Wildman–Crippen LogP) is 0.614. The largest absolute Gasteiger partial charge is 0.481 e. The maximum absolute atomic E-state index is 12.8. The van der Waals surface area contributed by atoms with Crippen molar-refractivity contribution in [3.63, 3.8) is 0 Å². The van der Waals surface area contributed by atoms with E-state index in [4.69, 9.17) is 9.47 Å². The summed E-state index contributed by atoms with van der Waals surface area (Å²) in [6, 6.07) is 3.13. The van der Waals surface area contributed by atoms with E-state index in [1.54, 1.807) is 4.72 Å². The van der Waals surface area contributed by atoms with Gasteiger partial charge in [0.15, 0.2) is 4.90 Å². The Morgan fingerprint density at radius 1 is 1.13 bits per heavy atom. The van der Waals surface area contributed by atoms with Crippen LogP contribution in [0, 0.1) is 10.1 Å². The van der Waals surface area contributed by atoms with Crippen molar-refractivity contribution in [3.8, 4) is 11.8 Å². The highest BCUT2D eigenvalue weighted by Crippen LogP contribution is 2.28. The maximum atomic E-state index is 12.8. The fourth-order valence-electron chi connectivity index (χ4n) is 2.33. The van der Waals surface area contributed by atoms with Crippen molar-refractivity contribution in [1.82, 2.24) is 19.6 Å². The van der Waals surface area contributed by atoms with Crippen molar-refractivity contribution in [2.24, 2.45) is 0 Å². The van der Waals surface area contributed by atoms with Crippen LogP contribution in [0.25, 0.3) is 0 Å². The number of aromatic nitrogens is 2. The number of carbonyl (C=O) groups excluding carboxylic acids is 2. The molecule has 0 saturated heterocycles. The van der Waals surface area contributed by atoms with E-state index >= 15 is 0 Å². The summed E-state index contributed by atoms with van der Waals surface area (Å²) in [6.07, 6.45) is 0. The summed E-state index contributed by atoms with van der Waals surface area (Å²) in [7, 11) is 0.411. The van der Waals surface area contributed by atoms with E-state index in [9.17, 15) is 28.1 Å². The van der Waals surface area contributed by atoms with Gasteiger partial charge >= 0.3 is 6.03 Å². The topological polar surface area (TPSA) is 183 Å². The summed E-state index contributed by atoms with van der Waals surface area (Å²) in [4.78, 5) is 42.7. The van der Waals surface area contributed by atoms with Crippen molar-refractivity contribution < 1.29 is 32.4 Å². The number of nitro groups is 1. The van der Waals surface area contributed by atoms with Gasteiger partial charge in [-0.15, -0.1) is 0 Å². The third kappa shape index (κ3) is 5.33. The molecule has 15 heteroatoms. The SMILES string of the molecule is COc1cc(OC)nc(NC(=O)NS(=O)(=O)c2c(C(=O)N(C)C)cccc2[N+](=O)[O-])n1. The first-order valence-corrected chi connectivity index (χ1v) is 9.78. The zero-order chi connectivity index (χ0) is 23.3. The van der Waals surface area contributed by atoms with Gasteiger partial charge in [-0.1, -0.05) is 6.07 Å². The Labute approximate surface area is 176 Å². The average Bonchev–Trinajstić information content (AvgIpc) is 2.71. The quantitative estimate of drug-likeness (QED) is 0.444. The molecule has 0 unspecified atom stereocenters. The minimum atomic E-state index is -4.87. The lowest BCUT2D eigenvalue weighted by Crippen LogP contribution is -2.36. The van der Waals surface area contributed by atoms with Gasteiger partial charge in [-0.3, -0.25) is 20.2 Å². The number of sulfonamides is 1. The lowest BCUT2D eigenvalue weighted by Gasteiger charge is -2.15. The van der Waals surface area contributed by atoms with Crippen molar-refractivity contribution in [2.75, 3.05) is 33.6 Å². The molecular weight excluding hydrogens is 436 g/mol. The van der Waals surface area contributed by atoms with E-state index < -0.39 is 43.0 Å². The molecule has 0 aliphatic carbocycles. The van der Waals surface area contributed by atoms with Crippen LogP contribution in [-0.4, -0.2) is 68.5 Å². The van der Waals surface area contributed by atoms with Gasteiger partial charge in [0.25, 0.3) is 21.6 Å². The Bertz CT molecular complexity index is 1110. The molecule has 2 N–H and O–H groups in total. The van der Waals surface area contributed by atoms with Crippen molar-refractivity contribution >= 4 is 33.6 Å². The number of rotatable bonds is 7. The molecule has 0 aliphatic heterocycles. The Hall–Kier alpha value is -4.01. The molecule has 0 spiro atoms. The van der Waals surface area contributed by atoms with E-state index in [0.717, 1.165) is 23.1 Å². The molecule has 1 heterocycles. The minimum Gasteiger partial charge on any atom is -0.481 e. The molecule has 0 saturated carbocycles. The van der Waals surface area contributed by atoms with E-state index in [1.807, 2.05) is 0 Å². The summed E-state index contributed by atoms with van der Waals surface area (Å²) in [5.41, 5.74) is -1.37. The van der Waals surface area contributed by atoms with Crippen molar-refractivity contribution in [3.05, 3.63) is 39.9 Å². The van der Waals surface area contributed by atoms with Gasteiger partial charge in [0.2, 0.25) is 17.7 Å². The number of amides is 3. The van der Waals surface area contributed by atoms with E-state index in [2.05, 4.69) is 15.3 Å². The molecular formula is C16H18N6O8S. The van der Waals surface area contributed by atoms with Gasteiger partial charge in [0.05, 0.1) is 30.8 Å². The van der Waals surface area contributed by atoms with Crippen LogP contribution in [0.15, 0.2) is 29.2 Å². The molecule has 1 aromatic heterocycles. The van der Waals surface area contributed by atoms with Gasteiger partial charge in [-0.05, 0) is 6.07 Å². The Kier molecular flexibility index (Phi) is 6.91. The van der Waals surface area contributed by atoms with Crippen LogP contribution in [0.1, 0.15) is 10.4 Å². The summed E-state index contributed by atoms with van der Waals surface area (Å²) in [6.45, 7) is 0. The first-order chi connectivity index (χ1) is 14.5. The third-order valence-electron chi connectivity index (χ3n) is 3.65. The second-order valence-corrected chi connectivity index (χ2v) is 7.57. The fraction of sp³-hybridized carbons (Fsp3) is 0.250. The number of nitrogens with zero attached hydrogens (tertiary/aromatic N) is 4. The maximum Gasteiger partial charge on any atom is 0.335 e. The van der Waals surface area contributed by atoms with Gasteiger partial charge in [-0.2, -0.15) is 9.97 Å². The molecule has 14 nitrogen and oxygen atoms in total. The number of benzene rings is 1. The third-order valence-corrected chi connectivity index (χ3v) is 5.07. The molecule has 166 valence electrons. The fourth-order valence-corrected chi connectivity index (χ4v) is 3.59. The number of hydrogen-bond acceptors (Lipinski definition) is 10. The Balaban J connectivity index is 2.43. The minimum absolute atomic E-state index is 0.0163. The summed E-state index contributed by atoms with van der Waals surface area (Å²) >= 11 is 0. The molecule has 2 rings (SSSR count). The van der Waals surface area contributed by atoms with E-state index in [1.165, 1.54) is 34.4 Å². The van der Waals surface area contributed by atoms with Crippen LogP contribution in [-0.2, 0) is 10.0 Å². The van der Waals surface area contributed by atoms with Gasteiger partial charge < -0.3 is 14.4 Å². The van der Waals surface area contributed by atoms with Crippen LogP contribution >= 0.6 is 0 Å². The van der Waals surface area contributed by atoms with Crippen LogP contribution in [0.4, 0.5) is 16.4 Å². The molecule has 0 fully saturated rings. The highest BCUT2D eigenvalue weighted by atomic mass is 32.2. The van der Waals surface area contributed by atoms with Gasteiger partial charge in [0, 0.05) is 20.2 Å². The second-order valence-electron chi connectivity index (χ2n) is 5.95. The zero-order valence-corrected chi connectivity index (χ0v) is 17.6. The molecule has 3 amide bonds. The van der Waals surface area contributed by atoms with Gasteiger partial charge in [-0.25, -0.2) is 17.9 Å². The number of carbonyl (C=O) groups is 2. The smallest absolute Gasteiger partial charge is 0.335 e. The molecule has 1 aromatic carbocycles. The van der Waals surface area contributed by atoms with E-state index in [0.29, 0.717) is 0 Å². The molecule has 0 atom stereocenters. The summed E-state index contributed by atoms with van der Waals surface area (Å²) < 4.78 is 37.1. The predicted molar refractivity (Wildman–Crippen MR) is 106 cm³/mol. The van der Waals surface area contributed by atoms with E-state index in [-0.39, 0.29) is 17.7 Å². The second kappa shape index (κ2) is 9.21. The number of nitrogens with one attached hydrogen (secondary N) is 2. The molecule has 0 aliphatic rings. The Morgan fingerprint density at radius 2 is 1.71 bits per heavy atom. The summed E-state index contributed by atoms with van der Waals surface area (Å²) in [5.74, 6) is -1.15. The first-order valence-electron chi connectivity index (χ1n) is 8.30. The molecule has 31 heavy (non-hydrogen) atoms. The summed E-state index contributed by atoms with van der Waals surface area (Å²) in [5, 5.41) is 13.4. The Morgan fingerprint density at radius 3 is 2.19 bits per heavy atom. The molecule has 0 radical (unpaired) electrons. The van der Waals surface area contributed by atoms with Crippen LogP contribution in [0.3, 0.4) is 0 Å². The number of nitro benzene ring substituents is 1. The number of urea groups is 1. The lowest BCUT2D eigenvalue weighted by atomic mass is 10.2. The van der Waals surface area contributed by atoms with Crippen LogP contribution < -0.4 is 19.5 Å². The highest BCUT2D eigenvalue weighted by molar-refractivity contribution is 7.90. The normalized spacial score (nSPS) is 10.7. The zero-order valence-electron chi connectivity index (χ0n) is 16.8. The van der Waals surface area contributed by atoms with Crippen LogP contribution in [0.5, 0.6) is 11.8 Å². The molecule has 0 bridgehead atoms. The average molecular weight is 454 g/mol. The van der Waals surface area contributed by atoms with Crippen molar-refractivity contribution in [1.29, 1.82) is 0 Å². The number of ether oxygens (including phenoxy) is 2. The monoisotopic (exact) mass is 454 g/mol. The highest BCUT2D eigenvalue weighted by Gasteiger charge is 2.34. The number of anilines is 1. The number of hydrogen-bond donors (Lipinski definition) is 2. The first kappa shape index (κ1) is 23.3. The molecule has 2 aromatic rings.